The van der Waals surface area contributed by atoms with E-state index in [1.54, 1.807) is 83.1 Å². The number of nitrogens with one attached hydrogen (secondary N) is 2. The van der Waals surface area contributed by atoms with E-state index in [4.69, 9.17) is 4.74 Å². The molecular weight excluding hydrogens is 368 g/mol. The third kappa shape index (κ3) is 7.41. The average Bonchev–Trinajstić information content (AvgIpc) is 2.59. The normalized spacial score (nSPS) is 11.5. The SMILES string of the molecule is CC(C)(CC(=O)Nc1cccc(C(=O)c2ccccc2)c1)NC(=O)OC(C)(C)C. The van der Waals surface area contributed by atoms with Crippen molar-refractivity contribution in [2.24, 2.45) is 0 Å². The van der Waals surface area contributed by atoms with Crippen molar-refractivity contribution >= 4 is 23.5 Å². The van der Waals surface area contributed by atoms with E-state index in [0.717, 1.165) is 0 Å². The number of carbonyl (C=O) groups excluding carboxylic acids is 3. The molecule has 6 heteroatoms. The van der Waals surface area contributed by atoms with Crippen LogP contribution in [0.3, 0.4) is 0 Å². The van der Waals surface area contributed by atoms with Gasteiger partial charge in [0.25, 0.3) is 0 Å². The van der Waals surface area contributed by atoms with Crippen molar-refractivity contribution in [3.05, 3.63) is 65.7 Å². The number of ketones is 1. The number of anilines is 1. The highest BCUT2D eigenvalue weighted by Crippen LogP contribution is 2.17. The lowest BCUT2D eigenvalue weighted by molar-refractivity contribution is -0.117. The monoisotopic (exact) mass is 396 g/mol. The van der Waals surface area contributed by atoms with Crippen molar-refractivity contribution in [2.45, 2.75) is 52.2 Å². The molecule has 0 aliphatic rings. The van der Waals surface area contributed by atoms with E-state index in [0.29, 0.717) is 16.8 Å². The summed E-state index contributed by atoms with van der Waals surface area (Å²) in [7, 11) is 0. The van der Waals surface area contributed by atoms with E-state index in [1.807, 2.05) is 6.07 Å². The molecule has 0 radical (unpaired) electrons. The molecule has 0 atom stereocenters. The molecule has 0 heterocycles. The zero-order chi connectivity index (χ0) is 21.7. The topological polar surface area (TPSA) is 84.5 Å². The Balaban J connectivity index is 2.00. The van der Waals surface area contributed by atoms with Crippen LogP contribution in [0.25, 0.3) is 0 Å². The number of hydrogen-bond donors (Lipinski definition) is 2. The van der Waals surface area contributed by atoms with Gasteiger partial charge in [0.2, 0.25) is 5.91 Å². The van der Waals surface area contributed by atoms with Gasteiger partial charge in [-0.3, -0.25) is 9.59 Å². The van der Waals surface area contributed by atoms with Crippen LogP contribution in [0.5, 0.6) is 0 Å². The van der Waals surface area contributed by atoms with Gasteiger partial charge in [-0.15, -0.1) is 0 Å². The van der Waals surface area contributed by atoms with Crippen LogP contribution in [0, 0.1) is 0 Å². The lowest BCUT2D eigenvalue weighted by atomic mass is 10.00. The van der Waals surface area contributed by atoms with Crippen LogP contribution in [0.2, 0.25) is 0 Å². The summed E-state index contributed by atoms with van der Waals surface area (Å²) in [5, 5.41) is 5.49. The van der Waals surface area contributed by atoms with Gasteiger partial charge >= 0.3 is 6.09 Å². The number of alkyl carbamates (subject to hydrolysis) is 1. The van der Waals surface area contributed by atoms with Crippen molar-refractivity contribution in [3.8, 4) is 0 Å². The molecule has 2 aromatic carbocycles. The summed E-state index contributed by atoms with van der Waals surface area (Å²) >= 11 is 0. The van der Waals surface area contributed by atoms with Crippen molar-refractivity contribution in [1.29, 1.82) is 0 Å². The Kier molecular flexibility index (Phi) is 6.80. The molecule has 6 nitrogen and oxygen atoms in total. The minimum Gasteiger partial charge on any atom is -0.444 e. The standard InChI is InChI=1S/C23H28N2O4/c1-22(2,3)29-21(28)25-23(4,5)15-19(26)24-18-13-9-12-17(14-18)20(27)16-10-7-6-8-11-16/h6-14H,15H2,1-5H3,(H,24,26)(H,25,28). The Morgan fingerprint density at radius 3 is 2.10 bits per heavy atom. The van der Waals surface area contributed by atoms with Gasteiger partial charge in [-0.05, 0) is 46.8 Å². The summed E-state index contributed by atoms with van der Waals surface area (Å²) in [4.78, 5) is 37.0. The van der Waals surface area contributed by atoms with Crippen LogP contribution in [-0.2, 0) is 9.53 Å². The maximum atomic E-state index is 12.6. The molecule has 0 saturated carbocycles. The van der Waals surface area contributed by atoms with E-state index in [9.17, 15) is 14.4 Å². The molecule has 0 bridgehead atoms. The highest BCUT2D eigenvalue weighted by Gasteiger charge is 2.27. The number of ether oxygens (including phenoxy) is 1. The molecular formula is C23H28N2O4. The van der Waals surface area contributed by atoms with Gasteiger partial charge in [0, 0.05) is 28.8 Å². The Hall–Kier alpha value is -3.15. The van der Waals surface area contributed by atoms with Gasteiger partial charge < -0.3 is 15.4 Å². The van der Waals surface area contributed by atoms with Gasteiger partial charge in [0.15, 0.2) is 5.78 Å². The summed E-state index contributed by atoms with van der Waals surface area (Å²) in [5.74, 6) is -0.399. The first kappa shape index (κ1) is 22.1. The fourth-order valence-corrected chi connectivity index (χ4v) is 2.73. The van der Waals surface area contributed by atoms with Crippen molar-refractivity contribution < 1.29 is 19.1 Å². The molecule has 0 unspecified atom stereocenters. The Labute approximate surface area is 171 Å². The predicted molar refractivity (Wildman–Crippen MR) is 113 cm³/mol. The van der Waals surface area contributed by atoms with Gasteiger partial charge in [-0.25, -0.2) is 4.79 Å². The largest absolute Gasteiger partial charge is 0.444 e. The number of amides is 2. The molecule has 2 N–H and O–H groups in total. The first-order chi connectivity index (χ1) is 13.5. The van der Waals surface area contributed by atoms with Gasteiger partial charge in [0.1, 0.15) is 5.60 Å². The second-order valence-electron chi connectivity index (χ2n) is 8.51. The molecule has 0 spiro atoms. The summed E-state index contributed by atoms with van der Waals surface area (Å²) in [5.41, 5.74) is 0.168. The highest BCUT2D eigenvalue weighted by atomic mass is 16.6. The van der Waals surface area contributed by atoms with Crippen LogP contribution < -0.4 is 10.6 Å². The summed E-state index contributed by atoms with van der Waals surface area (Å²) < 4.78 is 5.24. The van der Waals surface area contributed by atoms with Crippen LogP contribution >= 0.6 is 0 Å². The van der Waals surface area contributed by atoms with Gasteiger partial charge in [-0.1, -0.05) is 42.5 Å². The van der Waals surface area contributed by atoms with Crippen molar-refractivity contribution in [3.63, 3.8) is 0 Å². The van der Waals surface area contributed by atoms with Crippen molar-refractivity contribution in [2.75, 3.05) is 5.32 Å². The summed E-state index contributed by atoms with van der Waals surface area (Å²) in [6, 6.07) is 15.7. The zero-order valence-corrected chi connectivity index (χ0v) is 17.5. The zero-order valence-electron chi connectivity index (χ0n) is 17.5. The van der Waals surface area contributed by atoms with E-state index < -0.39 is 17.2 Å². The number of carbonyl (C=O) groups is 3. The molecule has 0 aromatic heterocycles. The fourth-order valence-electron chi connectivity index (χ4n) is 2.73. The molecule has 0 fully saturated rings. The quantitative estimate of drug-likeness (QED) is 0.702. The molecule has 2 amide bonds. The van der Waals surface area contributed by atoms with E-state index >= 15 is 0 Å². The second kappa shape index (κ2) is 8.90. The number of hydrogen-bond acceptors (Lipinski definition) is 4. The average molecular weight is 396 g/mol. The first-order valence-corrected chi connectivity index (χ1v) is 9.46. The van der Waals surface area contributed by atoms with Crippen LogP contribution in [0.1, 0.15) is 57.0 Å². The summed E-state index contributed by atoms with van der Waals surface area (Å²) in [6.45, 7) is 8.81. The Morgan fingerprint density at radius 1 is 0.862 bits per heavy atom. The predicted octanol–water partition coefficient (Wildman–Crippen LogP) is 4.55. The molecule has 154 valence electrons. The minimum atomic E-state index is -0.802. The maximum Gasteiger partial charge on any atom is 0.408 e. The molecule has 0 aliphatic heterocycles. The lowest BCUT2D eigenvalue weighted by Crippen LogP contribution is -2.47. The molecule has 0 aliphatic carbocycles. The van der Waals surface area contributed by atoms with Crippen LogP contribution in [0.15, 0.2) is 54.6 Å². The molecule has 2 aromatic rings. The summed E-state index contributed by atoms with van der Waals surface area (Å²) in [6.07, 6.45) is -0.533. The number of rotatable bonds is 6. The van der Waals surface area contributed by atoms with Gasteiger partial charge in [-0.2, -0.15) is 0 Å². The molecule has 0 saturated heterocycles. The van der Waals surface area contributed by atoms with Gasteiger partial charge in [0.05, 0.1) is 0 Å². The molecule has 2 rings (SSSR count). The third-order valence-electron chi connectivity index (χ3n) is 3.89. The Morgan fingerprint density at radius 2 is 1.48 bits per heavy atom. The third-order valence-corrected chi connectivity index (χ3v) is 3.89. The lowest BCUT2D eigenvalue weighted by Gasteiger charge is -2.28. The first-order valence-electron chi connectivity index (χ1n) is 9.46. The van der Waals surface area contributed by atoms with Crippen molar-refractivity contribution in [1.82, 2.24) is 5.32 Å². The smallest absolute Gasteiger partial charge is 0.408 e. The molecule has 29 heavy (non-hydrogen) atoms. The highest BCUT2D eigenvalue weighted by molar-refractivity contribution is 6.09. The van der Waals surface area contributed by atoms with E-state index in [-0.39, 0.29) is 18.1 Å². The fraction of sp³-hybridized carbons (Fsp3) is 0.348. The van der Waals surface area contributed by atoms with Crippen LogP contribution in [-0.4, -0.2) is 28.9 Å². The van der Waals surface area contributed by atoms with Crippen LogP contribution in [0.4, 0.5) is 10.5 Å². The maximum absolute atomic E-state index is 12.6. The van der Waals surface area contributed by atoms with E-state index in [2.05, 4.69) is 10.6 Å². The second-order valence-corrected chi connectivity index (χ2v) is 8.51. The minimum absolute atomic E-state index is 0.0447. The van der Waals surface area contributed by atoms with E-state index in [1.165, 1.54) is 0 Å². The number of benzene rings is 2. The Bertz CT molecular complexity index is 883.